The molecule has 8 heteroatoms. The van der Waals surface area contributed by atoms with Crippen LogP contribution in [0.3, 0.4) is 0 Å². The number of fused-ring (bicyclic) bond motifs is 1. The Morgan fingerprint density at radius 3 is 2.50 bits per heavy atom. The SMILES string of the molecule is Cc1ccc(S(=O)(=O)N2CC(C(=O)NC3CCCCC3)Oc3ccc(Cl)cc32)cc1. The maximum absolute atomic E-state index is 13.4. The Kier molecular flexibility index (Phi) is 5.93. The number of hydrogen-bond acceptors (Lipinski definition) is 4. The molecular formula is C22H25ClN2O4S. The first-order chi connectivity index (χ1) is 14.3. The minimum absolute atomic E-state index is 0.109. The van der Waals surface area contributed by atoms with Gasteiger partial charge in [0.2, 0.25) is 0 Å². The monoisotopic (exact) mass is 448 g/mol. The molecule has 1 N–H and O–H groups in total. The zero-order chi connectivity index (χ0) is 21.3. The van der Waals surface area contributed by atoms with E-state index in [0.29, 0.717) is 16.5 Å². The number of carbonyl (C=O) groups excluding carboxylic acids is 1. The third-order valence-corrected chi connectivity index (χ3v) is 7.67. The Morgan fingerprint density at radius 2 is 1.80 bits per heavy atom. The van der Waals surface area contributed by atoms with E-state index in [1.54, 1.807) is 42.5 Å². The number of halogens is 1. The number of rotatable bonds is 4. The predicted octanol–water partition coefficient (Wildman–Crippen LogP) is 4.05. The molecule has 0 radical (unpaired) electrons. The molecule has 160 valence electrons. The van der Waals surface area contributed by atoms with Gasteiger partial charge >= 0.3 is 0 Å². The number of nitrogens with zero attached hydrogens (tertiary/aromatic N) is 1. The molecular weight excluding hydrogens is 424 g/mol. The molecule has 0 aromatic heterocycles. The van der Waals surface area contributed by atoms with E-state index < -0.39 is 16.1 Å². The highest BCUT2D eigenvalue weighted by atomic mass is 35.5. The fourth-order valence-electron chi connectivity index (χ4n) is 3.97. The molecule has 2 aliphatic rings. The van der Waals surface area contributed by atoms with Gasteiger partial charge in [0, 0.05) is 11.1 Å². The number of amides is 1. The van der Waals surface area contributed by atoms with Gasteiger partial charge in [-0.2, -0.15) is 0 Å². The summed E-state index contributed by atoms with van der Waals surface area (Å²) in [5.41, 5.74) is 1.30. The number of aryl methyl sites for hydroxylation is 1. The molecule has 0 spiro atoms. The van der Waals surface area contributed by atoms with Crippen molar-refractivity contribution in [3.05, 3.63) is 53.1 Å². The zero-order valence-electron chi connectivity index (χ0n) is 16.8. The lowest BCUT2D eigenvalue weighted by Gasteiger charge is -2.35. The maximum Gasteiger partial charge on any atom is 0.264 e. The lowest BCUT2D eigenvalue weighted by Crippen LogP contribution is -2.52. The minimum Gasteiger partial charge on any atom is -0.476 e. The summed E-state index contributed by atoms with van der Waals surface area (Å²) in [4.78, 5) is 13.1. The molecule has 1 unspecified atom stereocenters. The van der Waals surface area contributed by atoms with Crippen LogP contribution >= 0.6 is 11.6 Å². The lowest BCUT2D eigenvalue weighted by molar-refractivity contribution is -0.128. The van der Waals surface area contributed by atoms with Gasteiger partial charge < -0.3 is 10.1 Å². The van der Waals surface area contributed by atoms with Crippen LogP contribution < -0.4 is 14.4 Å². The number of hydrogen-bond donors (Lipinski definition) is 1. The molecule has 0 bridgehead atoms. The van der Waals surface area contributed by atoms with Crippen molar-refractivity contribution in [2.45, 2.75) is 56.1 Å². The molecule has 1 aliphatic carbocycles. The summed E-state index contributed by atoms with van der Waals surface area (Å²) in [6, 6.07) is 11.5. The highest BCUT2D eigenvalue weighted by Crippen LogP contribution is 2.39. The second kappa shape index (κ2) is 8.47. The van der Waals surface area contributed by atoms with Crippen LogP contribution in [0.1, 0.15) is 37.7 Å². The molecule has 2 aromatic carbocycles. The summed E-state index contributed by atoms with van der Waals surface area (Å²) in [6.07, 6.45) is 4.31. The molecule has 1 amide bonds. The van der Waals surface area contributed by atoms with Crippen molar-refractivity contribution in [1.82, 2.24) is 5.32 Å². The van der Waals surface area contributed by atoms with Crippen LogP contribution in [0.15, 0.2) is 47.4 Å². The lowest BCUT2D eigenvalue weighted by atomic mass is 9.95. The third-order valence-electron chi connectivity index (χ3n) is 5.64. The van der Waals surface area contributed by atoms with Crippen LogP contribution in [0, 0.1) is 6.92 Å². The van der Waals surface area contributed by atoms with E-state index >= 15 is 0 Å². The Balaban J connectivity index is 1.65. The van der Waals surface area contributed by atoms with Crippen LogP contribution in [-0.2, 0) is 14.8 Å². The van der Waals surface area contributed by atoms with E-state index in [-0.39, 0.29) is 23.4 Å². The Hall–Kier alpha value is -2.25. The van der Waals surface area contributed by atoms with Crippen molar-refractivity contribution in [2.75, 3.05) is 10.8 Å². The van der Waals surface area contributed by atoms with Gasteiger partial charge in [0.05, 0.1) is 17.1 Å². The van der Waals surface area contributed by atoms with Crippen molar-refractivity contribution in [1.29, 1.82) is 0 Å². The summed E-state index contributed by atoms with van der Waals surface area (Å²) < 4.78 is 34.0. The van der Waals surface area contributed by atoms with Crippen molar-refractivity contribution >= 4 is 33.2 Å². The van der Waals surface area contributed by atoms with Gasteiger partial charge in [0.1, 0.15) is 5.75 Å². The van der Waals surface area contributed by atoms with Gasteiger partial charge in [-0.3, -0.25) is 9.10 Å². The van der Waals surface area contributed by atoms with E-state index in [2.05, 4.69) is 5.32 Å². The predicted molar refractivity (Wildman–Crippen MR) is 117 cm³/mol. The topological polar surface area (TPSA) is 75.7 Å². The van der Waals surface area contributed by atoms with Crippen molar-refractivity contribution in [3.63, 3.8) is 0 Å². The average Bonchev–Trinajstić information content (AvgIpc) is 2.74. The van der Waals surface area contributed by atoms with Gasteiger partial charge in [-0.15, -0.1) is 0 Å². The van der Waals surface area contributed by atoms with Crippen LogP contribution in [0.4, 0.5) is 5.69 Å². The van der Waals surface area contributed by atoms with Gasteiger partial charge in [0.15, 0.2) is 6.10 Å². The summed E-state index contributed by atoms with van der Waals surface area (Å²) in [6.45, 7) is 1.79. The summed E-state index contributed by atoms with van der Waals surface area (Å²) in [7, 11) is -3.89. The van der Waals surface area contributed by atoms with Gasteiger partial charge in [-0.05, 0) is 50.1 Å². The number of nitrogens with one attached hydrogen (secondary N) is 1. The first-order valence-corrected chi connectivity index (χ1v) is 12.0. The van der Waals surface area contributed by atoms with Crippen molar-refractivity contribution < 1.29 is 17.9 Å². The van der Waals surface area contributed by atoms with Crippen LogP contribution in [-0.4, -0.2) is 33.0 Å². The minimum atomic E-state index is -3.89. The molecule has 1 atom stereocenters. The van der Waals surface area contributed by atoms with Crippen LogP contribution in [0.5, 0.6) is 5.75 Å². The molecule has 4 rings (SSSR count). The second-order valence-corrected chi connectivity index (χ2v) is 10.2. The third kappa shape index (κ3) is 4.27. The maximum atomic E-state index is 13.4. The quantitative estimate of drug-likeness (QED) is 0.765. The first-order valence-electron chi connectivity index (χ1n) is 10.2. The largest absolute Gasteiger partial charge is 0.476 e. The normalized spacial score (nSPS) is 19.7. The molecule has 30 heavy (non-hydrogen) atoms. The van der Waals surface area contributed by atoms with Gasteiger partial charge in [-0.25, -0.2) is 8.42 Å². The van der Waals surface area contributed by atoms with Gasteiger partial charge in [0.25, 0.3) is 15.9 Å². The fraction of sp³-hybridized carbons (Fsp3) is 0.409. The van der Waals surface area contributed by atoms with E-state index in [1.807, 2.05) is 6.92 Å². The smallest absolute Gasteiger partial charge is 0.264 e. The standard InChI is InChI=1S/C22H25ClN2O4S/c1-15-7-10-18(11-8-15)30(27,28)25-14-21(22(26)24-17-5-3-2-4-6-17)29-20-12-9-16(23)13-19(20)25/h7-13,17,21H,2-6,14H2,1H3,(H,24,26). The van der Waals surface area contributed by atoms with Crippen LogP contribution in [0.2, 0.25) is 5.02 Å². The number of sulfonamides is 1. The zero-order valence-corrected chi connectivity index (χ0v) is 18.4. The highest BCUT2D eigenvalue weighted by molar-refractivity contribution is 7.92. The average molecular weight is 449 g/mol. The molecule has 1 saturated carbocycles. The molecule has 6 nitrogen and oxygen atoms in total. The second-order valence-electron chi connectivity index (χ2n) is 7.91. The fourth-order valence-corrected chi connectivity index (χ4v) is 5.60. The van der Waals surface area contributed by atoms with E-state index in [1.165, 1.54) is 10.7 Å². The molecule has 1 aliphatic heterocycles. The number of benzene rings is 2. The molecule has 1 heterocycles. The number of anilines is 1. The van der Waals surface area contributed by atoms with Gasteiger partial charge in [-0.1, -0.05) is 48.6 Å². The summed E-state index contributed by atoms with van der Waals surface area (Å²) >= 11 is 6.13. The van der Waals surface area contributed by atoms with E-state index in [9.17, 15) is 13.2 Å². The first kappa shape index (κ1) is 21.0. The number of carbonyl (C=O) groups is 1. The van der Waals surface area contributed by atoms with Crippen LogP contribution in [0.25, 0.3) is 0 Å². The summed E-state index contributed by atoms with van der Waals surface area (Å²) in [5.74, 6) is 0.0386. The molecule has 0 saturated heterocycles. The summed E-state index contributed by atoms with van der Waals surface area (Å²) in [5, 5.41) is 3.43. The Morgan fingerprint density at radius 1 is 1.10 bits per heavy atom. The number of ether oxygens (including phenoxy) is 1. The highest BCUT2D eigenvalue weighted by Gasteiger charge is 2.38. The van der Waals surface area contributed by atoms with Crippen molar-refractivity contribution in [2.24, 2.45) is 0 Å². The van der Waals surface area contributed by atoms with E-state index in [0.717, 1.165) is 31.2 Å². The Labute approximate surface area is 182 Å². The molecule has 2 aromatic rings. The molecule has 1 fully saturated rings. The van der Waals surface area contributed by atoms with Crippen molar-refractivity contribution in [3.8, 4) is 5.75 Å². The Bertz CT molecular complexity index is 1030. The van der Waals surface area contributed by atoms with E-state index in [4.69, 9.17) is 16.3 Å².